The Morgan fingerprint density at radius 1 is 1.29 bits per heavy atom. The van der Waals surface area contributed by atoms with Gasteiger partial charge in [-0.05, 0) is 12.5 Å². The van der Waals surface area contributed by atoms with Crippen LogP contribution in [0.5, 0.6) is 0 Å². The molecule has 2 fully saturated rings. The van der Waals surface area contributed by atoms with Gasteiger partial charge >= 0.3 is 0 Å². The van der Waals surface area contributed by atoms with Gasteiger partial charge in [0.05, 0.1) is 17.9 Å². The molecule has 2 saturated heterocycles. The zero-order chi connectivity index (χ0) is 17.3. The quantitative estimate of drug-likeness (QED) is 0.765. The number of piperazine rings is 1. The van der Waals surface area contributed by atoms with Gasteiger partial charge in [-0.2, -0.15) is 9.40 Å². The molecule has 1 N–H and O–H groups in total. The molecule has 9 heteroatoms. The Balaban J connectivity index is 1.65. The van der Waals surface area contributed by atoms with E-state index in [0.717, 1.165) is 12.1 Å². The molecule has 8 nitrogen and oxygen atoms in total. The van der Waals surface area contributed by atoms with Crippen LogP contribution in [0, 0.1) is 5.92 Å². The lowest BCUT2D eigenvalue weighted by atomic mass is 9.89. The summed E-state index contributed by atoms with van der Waals surface area (Å²) >= 11 is 0. The fourth-order valence-corrected chi connectivity index (χ4v) is 4.61. The van der Waals surface area contributed by atoms with Crippen molar-refractivity contribution in [3.05, 3.63) is 18.0 Å². The summed E-state index contributed by atoms with van der Waals surface area (Å²) in [5, 5.41) is 7.51. The number of hydrogen-bond acceptors (Lipinski definition) is 5. The maximum atomic E-state index is 12.9. The molecule has 0 radical (unpaired) electrons. The van der Waals surface area contributed by atoms with Crippen LogP contribution in [0.4, 0.5) is 0 Å². The fraction of sp³-hybridized carbons (Fsp3) is 0.733. The Hall–Kier alpha value is -1.45. The highest BCUT2D eigenvalue weighted by Crippen LogP contribution is 2.29. The molecule has 3 rings (SSSR count). The monoisotopic (exact) mass is 355 g/mol. The van der Waals surface area contributed by atoms with Gasteiger partial charge in [0, 0.05) is 58.4 Å². The minimum atomic E-state index is -3.17. The van der Waals surface area contributed by atoms with E-state index < -0.39 is 10.0 Å². The van der Waals surface area contributed by atoms with Crippen LogP contribution in [-0.2, 0) is 21.9 Å². The number of nitrogens with zero attached hydrogens (tertiary/aromatic N) is 4. The minimum absolute atomic E-state index is 0.108. The number of aromatic nitrogens is 2. The van der Waals surface area contributed by atoms with Gasteiger partial charge in [-0.15, -0.1) is 0 Å². The molecule has 0 spiro atoms. The summed E-state index contributed by atoms with van der Waals surface area (Å²) in [7, 11) is -1.30. The summed E-state index contributed by atoms with van der Waals surface area (Å²) in [6.45, 7) is 4.79. The normalized spacial score (nSPS) is 26.0. The van der Waals surface area contributed by atoms with Crippen molar-refractivity contribution >= 4 is 15.9 Å². The molecular weight excluding hydrogens is 330 g/mol. The molecule has 24 heavy (non-hydrogen) atoms. The minimum Gasteiger partial charge on any atom is -0.340 e. The van der Waals surface area contributed by atoms with E-state index in [2.05, 4.69) is 10.4 Å². The van der Waals surface area contributed by atoms with E-state index in [0.29, 0.717) is 32.7 Å². The van der Waals surface area contributed by atoms with E-state index in [9.17, 15) is 13.2 Å². The van der Waals surface area contributed by atoms with Crippen LogP contribution in [0.15, 0.2) is 12.4 Å². The van der Waals surface area contributed by atoms with E-state index in [-0.39, 0.29) is 23.5 Å². The van der Waals surface area contributed by atoms with Crippen LogP contribution < -0.4 is 5.32 Å². The number of rotatable bonds is 4. The van der Waals surface area contributed by atoms with Crippen molar-refractivity contribution in [1.82, 2.24) is 24.3 Å². The van der Waals surface area contributed by atoms with E-state index in [1.165, 1.54) is 4.31 Å². The number of hydrogen-bond donors (Lipinski definition) is 1. The molecule has 3 heterocycles. The molecule has 0 unspecified atom stereocenters. The molecule has 1 aromatic rings. The van der Waals surface area contributed by atoms with E-state index in [4.69, 9.17) is 0 Å². The molecular formula is C15H25N5O3S. The Labute approximate surface area is 142 Å². The predicted molar refractivity (Wildman–Crippen MR) is 89.9 cm³/mol. The van der Waals surface area contributed by atoms with Crippen molar-refractivity contribution < 1.29 is 13.2 Å². The highest BCUT2D eigenvalue weighted by Gasteiger charge is 2.38. The third-order valence-electron chi connectivity index (χ3n) is 4.99. The van der Waals surface area contributed by atoms with Gasteiger partial charge in [0.1, 0.15) is 0 Å². The van der Waals surface area contributed by atoms with Crippen molar-refractivity contribution in [3.8, 4) is 0 Å². The first kappa shape index (κ1) is 17.4. The number of aryl methyl sites for hydroxylation is 1. The zero-order valence-corrected chi connectivity index (χ0v) is 15.0. The summed E-state index contributed by atoms with van der Waals surface area (Å²) in [5.74, 6) is 0.242. The molecule has 2 aliphatic rings. The lowest BCUT2D eigenvalue weighted by Gasteiger charge is -2.35. The van der Waals surface area contributed by atoms with Crippen LogP contribution in [0.25, 0.3) is 0 Å². The molecule has 0 aromatic carbocycles. The van der Waals surface area contributed by atoms with Crippen molar-refractivity contribution in [2.45, 2.75) is 12.8 Å². The number of carbonyl (C=O) groups excluding carboxylic acids is 1. The van der Waals surface area contributed by atoms with Gasteiger partial charge in [0.15, 0.2) is 0 Å². The lowest BCUT2D eigenvalue weighted by Crippen LogP contribution is -2.52. The van der Waals surface area contributed by atoms with Crippen LogP contribution in [-0.4, -0.2) is 78.3 Å². The molecule has 1 aromatic heterocycles. The van der Waals surface area contributed by atoms with Crippen molar-refractivity contribution in [2.24, 2.45) is 13.0 Å². The van der Waals surface area contributed by atoms with Crippen LogP contribution in [0.1, 0.15) is 18.4 Å². The highest BCUT2D eigenvalue weighted by atomic mass is 32.2. The van der Waals surface area contributed by atoms with Crippen LogP contribution in [0.2, 0.25) is 0 Å². The SMILES string of the molecule is CCS(=O)(=O)N1CCN(C(=O)[C@H]2CNC[C@@H]2c2cnn(C)c2)CC1. The molecule has 0 saturated carbocycles. The van der Waals surface area contributed by atoms with Gasteiger partial charge in [-0.3, -0.25) is 9.48 Å². The summed E-state index contributed by atoms with van der Waals surface area (Å²) in [5.41, 5.74) is 1.08. The third-order valence-corrected chi connectivity index (χ3v) is 6.87. The maximum Gasteiger partial charge on any atom is 0.227 e. The maximum absolute atomic E-state index is 12.9. The first-order chi connectivity index (χ1) is 11.4. The first-order valence-electron chi connectivity index (χ1n) is 8.38. The van der Waals surface area contributed by atoms with E-state index in [1.54, 1.807) is 11.6 Å². The first-order valence-corrected chi connectivity index (χ1v) is 9.99. The Morgan fingerprint density at radius 3 is 2.58 bits per heavy atom. The average Bonchev–Trinajstić information content (AvgIpc) is 3.23. The standard InChI is InChI=1S/C15H25N5O3S/c1-3-24(22,23)20-6-4-19(5-7-20)15(21)14-10-16-9-13(14)12-8-17-18(2)11-12/h8,11,13-14,16H,3-7,9-10H2,1-2H3/t13-,14+/m1/s1. The summed E-state index contributed by atoms with van der Waals surface area (Å²) < 4.78 is 27.1. The molecule has 0 aliphatic carbocycles. The van der Waals surface area contributed by atoms with Gasteiger partial charge < -0.3 is 10.2 Å². The van der Waals surface area contributed by atoms with Crippen molar-refractivity contribution in [1.29, 1.82) is 0 Å². The van der Waals surface area contributed by atoms with Gasteiger partial charge in [0.25, 0.3) is 0 Å². The Morgan fingerprint density at radius 2 is 2.00 bits per heavy atom. The van der Waals surface area contributed by atoms with Gasteiger partial charge in [0.2, 0.25) is 15.9 Å². The third kappa shape index (κ3) is 3.33. The van der Waals surface area contributed by atoms with Crippen LogP contribution >= 0.6 is 0 Å². The topological polar surface area (TPSA) is 87.5 Å². The summed E-state index contributed by atoms with van der Waals surface area (Å²) in [6.07, 6.45) is 3.79. The highest BCUT2D eigenvalue weighted by molar-refractivity contribution is 7.89. The number of nitrogens with one attached hydrogen (secondary N) is 1. The smallest absolute Gasteiger partial charge is 0.227 e. The second-order valence-corrected chi connectivity index (χ2v) is 8.70. The predicted octanol–water partition coefficient (Wildman–Crippen LogP) is -0.783. The second-order valence-electron chi connectivity index (χ2n) is 6.44. The second kappa shape index (κ2) is 6.81. The molecule has 0 bridgehead atoms. The Kier molecular flexibility index (Phi) is 4.93. The summed E-state index contributed by atoms with van der Waals surface area (Å²) in [4.78, 5) is 14.7. The van der Waals surface area contributed by atoms with E-state index >= 15 is 0 Å². The Bertz CT molecular complexity index is 694. The van der Waals surface area contributed by atoms with Gasteiger partial charge in [-0.25, -0.2) is 8.42 Å². The lowest BCUT2D eigenvalue weighted by molar-refractivity contribution is -0.136. The number of amides is 1. The number of carbonyl (C=O) groups is 1. The molecule has 134 valence electrons. The molecule has 2 aliphatic heterocycles. The summed E-state index contributed by atoms with van der Waals surface area (Å²) in [6, 6.07) is 0. The number of sulfonamides is 1. The van der Waals surface area contributed by atoms with Crippen molar-refractivity contribution in [3.63, 3.8) is 0 Å². The largest absolute Gasteiger partial charge is 0.340 e. The van der Waals surface area contributed by atoms with Crippen LogP contribution in [0.3, 0.4) is 0 Å². The zero-order valence-electron chi connectivity index (χ0n) is 14.2. The fourth-order valence-electron chi connectivity index (χ4n) is 3.52. The molecule has 2 atom stereocenters. The average molecular weight is 355 g/mol. The van der Waals surface area contributed by atoms with Gasteiger partial charge in [-0.1, -0.05) is 0 Å². The van der Waals surface area contributed by atoms with Crippen molar-refractivity contribution in [2.75, 3.05) is 45.0 Å². The molecule has 1 amide bonds. The van der Waals surface area contributed by atoms with E-state index in [1.807, 2.05) is 24.3 Å².